The molecule has 0 fully saturated rings. The second kappa shape index (κ2) is 5.71. The molecule has 0 saturated carbocycles. The van der Waals surface area contributed by atoms with Crippen LogP contribution in [0, 0.1) is 0 Å². The Morgan fingerprint density at radius 2 is 2.19 bits per heavy atom. The normalized spacial score (nSPS) is 10.4. The molecule has 0 spiro atoms. The standard InChI is InChI=1S/C12H10BrClOS/c13-7-9-3-4-12(11(14)6-9)15-8-10-2-1-5-16-10/h1-6H,7-8H2. The lowest BCUT2D eigenvalue weighted by Gasteiger charge is -2.07. The predicted molar refractivity (Wildman–Crippen MR) is 72.7 cm³/mol. The fourth-order valence-corrected chi connectivity index (χ4v) is 2.51. The van der Waals surface area contributed by atoms with Crippen LogP contribution in [-0.2, 0) is 11.9 Å². The Labute approximate surface area is 112 Å². The molecule has 16 heavy (non-hydrogen) atoms. The monoisotopic (exact) mass is 316 g/mol. The van der Waals surface area contributed by atoms with Crippen LogP contribution in [0.5, 0.6) is 5.75 Å². The SMILES string of the molecule is Clc1cc(CBr)ccc1OCc1cccs1. The highest BCUT2D eigenvalue weighted by Crippen LogP contribution is 2.27. The number of hydrogen-bond acceptors (Lipinski definition) is 2. The van der Waals surface area contributed by atoms with E-state index in [0.717, 1.165) is 16.6 Å². The van der Waals surface area contributed by atoms with Crippen molar-refractivity contribution >= 4 is 38.9 Å². The van der Waals surface area contributed by atoms with E-state index < -0.39 is 0 Å². The fourth-order valence-electron chi connectivity index (χ4n) is 1.29. The molecule has 0 amide bonds. The molecule has 0 bridgehead atoms. The number of ether oxygens (including phenoxy) is 1. The van der Waals surface area contributed by atoms with Gasteiger partial charge >= 0.3 is 0 Å². The first-order chi connectivity index (χ1) is 7.79. The van der Waals surface area contributed by atoms with Crippen LogP contribution in [-0.4, -0.2) is 0 Å². The number of thiophene rings is 1. The summed E-state index contributed by atoms with van der Waals surface area (Å²) in [5.74, 6) is 0.736. The predicted octanol–water partition coefficient (Wildman–Crippen LogP) is 4.88. The highest BCUT2D eigenvalue weighted by molar-refractivity contribution is 9.08. The zero-order chi connectivity index (χ0) is 11.4. The Morgan fingerprint density at radius 1 is 1.31 bits per heavy atom. The number of hydrogen-bond donors (Lipinski definition) is 0. The molecule has 1 heterocycles. The summed E-state index contributed by atoms with van der Waals surface area (Å²) in [7, 11) is 0. The molecule has 0 atom stereocenters. The molecule has 0 aliphatic carbocycles. The summed E-state index contributed by atoms with van der Waals surface area (Å²) in [5, 5.41) is 3.50. The molecule has 0 aliphatic heterocycles. The van der Waals surface area contributed by atoms with E-state index in [1.54, 1.807) is 11.3 Å². The lowest BCUT2D eigenvalue weighted by Crippen LogP contribution is -1.93. The average molecular weight is 318 g/mol. The Hall–Kier alpha value is -0.510. The van der Waals surface area contributed by atoms with Crippen molar-refractivity contribution in [2.24, 2.45) is 0 Å². The van der Waals surface area contributed by atoms with E-state index >= 15 is 0 Å². The number of benzene rings is 1. The van der Waals surface area contributed by atoms with E-state index in [2.05, 4.69) is 15.9 Å². The Balaban J connectivity index is 2.04. The van der Waals surface area contributed by atoms with Gasteiger partial charge in [-0.25, -0.2) is 0 Å². The summed E-state index contributed by atoms with van der Waals surface area (Å²) >= 11 is 11.2. The molecular formula is C12H10BrClOS. The van der Waals surface area contributed by atoms with Gasteiger partial charge in [0.05, 0.1) is 5.02 Å². The van der Waals surface area contributed by atoms with E-state index in [-0.39, 0.29) is 0 Å². The van der Waals surface area contributed by atoms with Crippen molar-refractivity contribution in [3.8, 4) is 5.75 Å². The molecule has 2 rings (SSSR count). The molecule has 2 aromatic rings. The Bertz CT molecular complexity index is 456. The van der Waals surface area contributed by atoms with Gasteiger partial charge < -0.3 is 4.74 Å². The summed E-state index contributed by atoms with van der Waals surface area (Å²) in [6.45, 7) is 0.574. The van der Waals surface area contributed by atoms with Crippen molar-refractivity contribution in [1.82, 2.24) is 0 Å². The molecule has 0 N–H and O–H groups in total. The van der Waals surface area contributed by atoms with Gasteiger partial charge in [0.1, 0.15) is 12.4 Å². The molecular weight excluding hydrogens is 308 g/mol. The van der Waals surface area contributed by atoms with Crippen LogP contribution in [0.15, 0.2) is 35.7 Å². The first kappa shape index (κ1) is 12.0. The molecule has 0 radical (unpaired) electrons. The topological polar surface area (TPSA) is 9.23 Å². The first-order valence-corrected chi connectivity index (χ1v) is 7.17. The van der Waals surface area contributed by atoms with Crippen LogP contribution < -0.4 is 4.74 Å². The summed E-state index contributed by atoms with van der Waals surface area (Å²) < 4.78 is 5.64. The second-order valence-corrected chi connectivity index (χ2v) is 5.27. The zero-order valence-electron chi connectivity index (χ0n) is 8.45. The highest BCUT2D eigenvalue weighted by Gasteiger charge is 2.03. The molecule has 0 saturated heterocycles. The third-order valence-electron chi connectivity index (χ3n) is 2.10. The lowest BCUT2D eigenvalue weighted by atomic mass is 10.2. The lowest BCUT2D eigenvalue weighted by molar-refractivity contribution is 0.310. The maximum Gasteiger partial charge on any atom is 0.138 e. The van der Waals surface area contributed by atoms with Gasteiger partial charge in [0.2, 0.25) is 0 Å². The summed E-state index contributed by atoms with van der Waals surface area (Å²) in [6, 6.07) is 9.89. The molecule has 1 aromatic heterocycles. The smallest absolute Gasteiger partial charge is 0.138 e. The third-order valence-corrected chi connectivity index (χ3v) is 3.89. The van der Waals surface area contributed by atoms with Crippen LogP contribution in [0.1, 0.15) is 10.4 Å². The molecule has 1 nitrogen and oxygen atoms in total. The minimum absolute atomic E-state index is 0.574. The maximum absolute atomic E-state index is 6.11. The summed E-state index contributed by atoms with van der Waals surface area (Å²) in [6.07, 6.45) is 0. The zero-order valence-corrected chi connectivity index (χ0v) is 11.6. The second-order valence-electron chi connectivity index (χ2n) is 3.27. The van der Waals surface area contributed by atoms with Crippen molar-refractivity contribution in [1.29, 1.82) is 0 Å². The number of rotatable bonds is 4. The van der Waals surface area contributed by atoms with Gasteiger partial charge in [-0.1, -0.05) is 39.7 Å². The molecule has 0 unspecified atom stereocenters. The van der Waals surface area contributed by atoms with Crippen LogP contribution >= 0.6 is 38.9 Å². The van der Waals surface area contributed by atoms with Crippen molar-refractivity contribution < 1.29 is 4.74 Å². The molecule has 4 heteroatoms. The van der Waals surface area contributed by atoms with Crippen molar-refractivity contribution in [2.75, 3.05) is 0 Å². The minimum atomic E-state index is 0.574. The van der Waals surface area contributed by atoms with Gasteiger partial charge in [-0.2, -0.15) is 0 Å². The van der Waals surface area contributed by atoms with E-state index in [0.29, 0.717) is 11.6 Å². The maximum atomic E-state index is 6.11. The van der Waals surface area contributed by atoms with Crippen molar-refractivity contribution in [3.05, 3.63) is 51.2 Å². The number of halogens is 2. The Morgan fingerprint density at radius 3 is 2.81 bits per heavy atom. The van der Waals surface area contributed by atoms with Gasteiger partial charge in [-0.15, -0.1) is 11.3 Å². The molecule has 84 valence electrons. The van der Waals surface area contributed by atoms with E-state index in [9.17, 15) is 0 Å². The van der Waals surface area contributed by atoms with Gasteiger partial charge in [0.15, 0.2) is 0 Å². The van der Waals surface area contributed by atoms with Crippen molar-refractivity contribution in [3.63, 3.8) is 0 Å². The van der Waals surface area contributed by atoms with E-state index in [1.807, 2.05) is 35.7 Å². The molecule has 1 aromatic carbocycles. The van der Waals surface area contributed by atoms with Gasteiger partial charge in [0, 0.05) is 10.2 Å². The van der Waals surface area contributed by atoms with Gasteiger partial charge in [-0.05, 0) is 29.1 Å². The van der Waals surface area contributed by atoms with Gasteiger partial charge in [0.25, 0.3) is 0 Å². The average Bonchev–Trinajstić information content (AvgIpc) is 2.80. The van der Waals surface area contributed by atoms with Crippen LogP contribution in [0.2, 0.25) is 5.02 Å². The summed E-state index contributed by atoms with van der Waals surface area (Å²) in [5.41, 5.74) is 1.15. The fraction of sp³-hybridized carbons (Fsp3) is 0.167. The Kier molecular flexibility index (Phi) is 4.27. The van der Waals surface area contributed by atoms with Crippen LogP contribution in [0.4, 0.5) is 0 Å². The molecule has 0 aliphatic rings. The van der Waals surface area contributed by atoms with Crippen LogP contribution in [0.3, 0.4) is 0 Å². The van der Waals surface area contributed by atoms with Crippen molar-refractivity contribution in [2.45, 2.75) is 11.9 Å². The van der Waals surface area contributed by atoms with Gasteiger partial charge in [-0.3, -0.25) is 0 Å². The summed E-state index contributed by atoms with van der Waals surface area (Å²) in [4.78, 5) is 1.20. The third kappa shape index (κ3) is 3.00. The largest absolute Gasteiger partial charge is 0.487 e. The van der Waals surface area contributed by atoms with E-state index in [1.165, 1.54) is 4.88 Å². The quantitative estimate of drug-likeness (QED) is 0.731. The number of alkyl halides is 1. The minimum Gasteiger partial charge on any atom is -0.487 e. The van der Waals surface area contributed by atoms with Crippen LogP contribution in [0.25, 0.3) is 0 Å². The first-order valence-electron chi connectivity index (χ1n) is 4.79. The highest BCUT2D eigenvalue weighted by atomic mass is 79.9. The van der Waals surface area contributed by atoms with E-state index in [4.69, 9.17) is 16.3 Å².